The molecule has 0 bridgehead atoms. The van der Waals surface area contributed by atoms with E-state index in [1.54, 1.807) is 6.20 Å². The number of nitrogens with zero attached hydrogens (tertiary/aromatic N) is 4. The number of amides is 2. The number of ether oxygens (including phenoxy) is 1. The Labute approximate surface area is 198 Å². The topological polar surface area (TPSA) is 89.4 Å². The van der Waals surface area contributed by atoms with Crippen molar-refractivity contribution >= 4 is 11.8 Å². The molecular weight excluding hydrogens is 430 g/mol. The minimum atomic E-state index is -0.365. The van der Waals surface area contributed by atoms with Crippen LogP contribution in [0.5, 0.6) is 0 Å². The van der Waals surface area contributed by atoms with Crippen molar-refractivity contribution in [1.29, 1.82) is 0 Å². The van der Waals surface area contributed by atoms with Crippen LogP contribution in [0.1, 0.15) is 45.8 Å². The summed E-state index contributed by atoms with van der Waals surface area (Å²) in [5.41, 5.74) is 4.27. The number of carbonyl (C=O) groups excluding carboxylic acids is 2. The van der Waals surface area contributed by atoms with Gasteiger partial charge in [0.2, 0.25) is 0 Å². The molecule has 0 saturated carbocycles. The molecule has 0 spiro atoms. The zero-order chi connectivity index (χ0) is 23.3. The predicted molar refractivity (Wildman–Crippen MR) is 126 cm³/mol. The maximum absolute atomic E-state index is 13.2. The van der Waals surface area contributed by atoms with Crippen molar-refractivity contribution in [3.8, 4) is 0 Å². The molecule has 176 valence electrons. The van der Waals surface area contributed by atoms with Crippen LogP contribution in [0.2, 0.25) is 0 Å². The monoisotopic (exact) mass is 459 g/mol. The number of fused-ring (bicyclic) bond motifs is 1. The third-order valence-electron chi connectivity index (χ3n) is 6.48. The molecule has 2 amide bonds. The van der Waals surface area contributed by atoms with Crippen molar-refractivity contribution in [3.63, 3.8) is 0 Å². The fourth-order valence-corrected chi connectivity index (χ4v) is 4.66. The number of hydrogen-bond acceptors (Lipinski definition) is 5. The summed E-state index contributed by atoms with van der Waals surface area (Å²) in [6, 6.07) is 15.9. The molecular formula is C26H29N5O3. The Bertz CT molecular complexity index is 1140. The van der Waals surface area contributed by atoms with E-state index >= 15 is 0 Å². The van der Waals surface area contributed by atoms with Gasteiger partial charge in [0.1, 0.15) is 6.10 Å². The van der Waals surface area contributed by atoms with Crippen LogP contribution in [0.4, 0.5) is 0 Å². The van der Waals surface area contributed by atoms with Crippen LogP contribution in [-0.2, 0) is 42.0 Å². The lowest BCUT2D eigenvalue weighted by Crippen LogP contribution is -2.42. The summed E-state index contributed by atoms with van der Waals surface area (Å²) in [6.07, 6.45) is 4.50. The molecule has 5 rings (SSSR count). The Kier molecular flexibility index (Phi) is 6.67. The van der Waals surface area contributed by atoms with Crippen LogP contribution < -0.4 is 5.32 Å². The average molecular weight is 460 g/mol. The molecule has 1 N–H and O–H groups in total. The zero-order valence-electron chi connectivity index (χ0n) is 19.2. The molecule has 1 fully saturated rings. The van der Waals surface area contributed by atoms with Gasteiger partial charge in [0.15, 0.2) is 5.69 Å². The van der Waals surface area contributed by atoms with Gasteiger partial charge in [-0.3, -0.25) is 19.3 Å². The maximum atomic E-state index is 13.2. The second-order valence-corrected chi connectivity index (χ2v) is 8.75. The van der Waals surface area contributed by atoms with Crippen molar-refractivity contribution < 1.29 is 14.3 Å². The van der Waals surface area contributed by atoms with Gasteiger partial charge in [-0.25, -0.2) is 0 Å². The van der Waals surface area contributed by atoms with E-state index in [0.717, 1.165) is 36.2 Å². The van der Waals surface area contributed by atoms with Gasteiger partial charge in [-0.1, -0.05) is 36.4 Å². The molecule has 1 aromatic carbocycles. The van der Waals surface area contributed by atoms with E-state index in [4.69, 9.17) is 9.84 Å². The van der Waals surface area contributed by atoms with Crippen LogP contribution >= 0.6 is 0 Å². The Morgan fingerprint density at radius 2 is 1.97 bits per heavy atom. The average Bonchev–Trinajstić information content (AvgIpc) is 3.55. The third-order valence-corrected chi connectivity index (χ3v) is 6.48. The van der Waals surface area contributed by atoms with Crippen molar-refractivity contribution in [2.24, 2.45) is 0 Å². The summed E-state index contributed by atoms with van der Waals surface area (Å²) in [4.78, 5) is 32.2. The molecule has 2 aliphatic rings. The highest BCUT2D eigenvalue weighted by atomic mass is 16.5. The summed E-state index contributed by atoms with van der Waals surface area (Å²) in [5, 5.41) is 7.67. The number of aromatic nitrogens is 3. The fraction of sp³-hybridized carbons (Fsp3) is 0.385. The normalized spacial score (nSPS) is 17.4. The molecule has 8 nitrogen and oxygen atoms in total. The highest BCUT2D eigenvalue weighted by Crippen LogP contribution is 2.26. The Morgan fingerprint density at radius 1 is 1.12 bits per heavy atom. The number of nitrogens with one attached hydrogen (secondary N) is 1. The van der Waals surface area contributed by atoms with E-state index in [2.05, 4.69) is 22.4 Å². The molecule has 0 radical (unpaired) electrons. The fourth-order valence-electron chi connectivity index (χ4n) is 4.66. The summed E-state index contributed by atoms with van der Waals surface area (Å²) in [5.74, 6) is -0.230. The Hall–Kier alpha value is -3.52. The lowest BCUT2D eigenvalue weighted by Gasteiger charge is -2.29. The molecule has 3 aromatic rings. The van der Waals surface area contributed by atoms with Crippen LogP contribution in [0.3, 0.4) is 0 Å². The second kappa shape index (κ2) is 10.2. The molecule has 0 aliphatic carbocycles. The quantitative estimate of drug-likeness (QED) is 0.587. The number of aryl methyl sites for hydroxylation is 2. The van der Waals surface area contributed by atoms with Crippen LogP contribution in [0.25, 0.3) is 0 Å². The molecule has 2 aliphatic heterocycles. The smallest absolute Gasteiger partial charge is 0.272 e. The highest BCUT2D eigenvalue weighted by Gasteiger charge is 2.34. The lowest BCUT2D eigenvalue weighted by atomic mass is 10.0. The van der Waals surface area contributed by atoms with Crippen molar-refractivity contribution in [1.82, 2.24) is 25.0 Å². The Morgan fingerprint density at radius 3 is 2.74 bits per heavy atom. The molecule has 8 heteroatoms. The molecule has 0 unspecified atom stereocenters. The first kappa shape index (κ1) is 22.3. The van der Waals surface area contributed by atoms with Crippen LogP contribution in [-0.4, -0.2) is 50.7 Å². The Balaban J connectivity index is 1.37. The van der Waals surface area contributed by atoms with Crippen molar-refractivity contribution in [2.45, 2.75) is 51.4 Å². The summed E-state index contributed by atoms with van der Waals surface area (Å²) >= 11 is 0. The van der Waals surface area contributed by atoms with E-state index in [1.807, 2.05) is 46.0 Å². The number of benzene rings is 1. The second-order valence-electron chi connectivity index (χ2n) is 8.75. The third kappa shape index (κ3) is 4.87. The van der Waals surface area contributed by atoms with Gasteiger partial charge < -0.3 is 15.0 Å². The van der Waals surface area contributed by atoms with E-state index in [0.29, 0.717) is 44.9 Å². The molecule has 1 atom stereocenters. The minimum absolute atomic E-state index is 0.0139. The van der Waals surface area contributed by atoms with Gasteiger partial charge in [0.25, 0.3) is 11.8 Å². The summed E-state index contributed by atoms with van der Waals surface area (Å²) in [6.45, 7) is 2.63. The number of rotatable bonds is 7. The van der Waals surface area contributed by atoms with Gasteiger partial charge in [0.05, 0.1) is 12.2 Å². The largest absolute Gasteiger partial charge is 0.368 e. The number of hydrogen-bond donors (Lipinski definition) is 1. The van der Waals surface area contributed by atoms with Crippen molar-refractivity contribution in [2.75, 3.05) is 13.2 Å². The standard InChI is InChI=1S/C26H29N5O3/c32-25(28-17-20-9-4-5-13-27-20)24-21-18-30(26(33)23-10-6-16-34-23)14-12-22(21)31(29-24)15-11-19-7-2-1-3-8-19/h1-5,7-9,13,23H,6,10-12,14-18H2,(H,28,32)/t23-/m1/s1. The van der Waals surface area contributed by atoms with Crippen molar-refractivity contribution in [3.05, 3.63) is 82.9 Å². The zero-order valence-corrected chi connectivity index (χ0v) is 19.2. The SMILES string of the molecule is O=C(NCc1ccccn1)c1nn(CCc2ccccc2)c2c1CN(C(=O)[C@H]1CCCO1)CC2. The van der Waals surface area contributed by atoms with Crippen LogP contribution in [0, 0.1) is 0 Å². The first-order valence-corrected chi connectivity index (χ1v) is 11.9. The van der Waals surface area contributed by atoms with Gasteiger partial charge in [-0.2, -0.15) is 5.10 Å². The van der Waals surface area contributed by atoms with Gasteiger partial charge in [-0.05, 0) is 37.0 Å². The van der Waals surface area contributed by atoms with E-state index in [9.17, 15) is 9.59 Å². The first-order valence-electron chi connectivity index (χ1n) is 11.9. The van der Waals surface area contributed by atoms with E-state index in [-0.39, 0.29) is 17.9 Å². The minimum Gasteiger partial charge on any atom is -0.368 e. The van der Waals surface area contributed by atoms with Gasteiger partial charge >= 0.3 is 0 Å². The molecule has 34 heavy (non-hydrogen) atoms. The van der Waals surface area contributed by atoms with E-state index in [1.165, 1.54) is 5.56 Å². The molecule has 1 saturated heterocycles. The lowest BCUT2D eigenvalue weighted by molar-refractivity contribution is -0.141. The number of carbonyl (C=O) groups is 2. The van der Waals surface area contributed by atoms with Crippen LogP contribution in [0.15, 0.2) is 54.7 Å². The number of pyridine rings is 1. The predicted octanol–water partition coefficient (Wildman–Crippen LogP) is 2.51. The van der Waals surface area contributed by atoms with E-state index < -0.39 is 0 Å². The summed E-state index contributed by atoms with van der Waals surface area (Å²) < 4.78 is 7.57. The molecule has 4 heterocycles. The highest BCUT2D eigenvalue weighted by molar-refractivity contribution is 5.94. The van der Waals surface area contributed by atoms with Gasteiger partial charge in [0, 0.05) is 50.1 Å². The maximum Gasteiger partial charge on any atom is 0.272 e. The molecule has 2 aromatic heterocycles. The van der Waals surface area contributed by atoms with Gasteiger partial charge in [-0.15, -0.1) is 0 Å². The summed E-state index contributed by atoms with van der Waals surface area (Å²) in [7, 11) is 0. The first-order chi connectivity index (χ1) is 16.7.